The van der Waals surface area contributed by atoms with Crippen molar-refractivity contribution in [3.05, 3.63) is 28.9 Å². The van der Waals surface area contributed by atoms with Crippen LogP contribution < -0.4 is 4.72 Å². The number of aliphatic hydroxyl groups excluding tert-OH is 1. The molecule has 2 rings (SSSR count). The van der Waals surface area contributed by atoms with Gasteiger partial charge in [0.25, 0.3) is 10.0 Å². The summed E-state index contributed by atoms with van der Waals surface area (Å²) in [5, 5.41) is 13.2. The average molecular weight is 331 g/mol. The van der Waals surface area contributed by atoms with Crippen molar-refractivity contribution in [3.63, 3.8) is 0 Å². The van der Waals surface area contributed by atoms with Gasteiger partial charge in [0.2, 0.25) is 0 Å². The molecule has 2 heterocycles. The van der Waals surface area contributed by atoms with E-state index in [-0.39, 0.29) is 10.8 Å². The van der Waals surface area contributed by atoms with Crippen molar-refractivity contribution in [2.75, 3.05) is 18.4 Å². The molecule has 0 bridgehead atoms. The first kappa shape index (κ1) is 16.0. The summed E-state index contributed by atoms with van der Waals surface area (Å²) in [7, 11) is -2.07. The molecule has 0 aliphatic carbocycles. The first-order chi connectivity index (χ1) is 9.96. The largest absolute Gasteiger partial charge is 0.391 e. The molecule has 21 heavy (non-hydrogen) atoms. The topological polar surface area (TPSA) is 93.5 Å². The van der Waals surface area contributed by atoms with E-state index in [1.807, 2.05) is 0 Å². The number of anilines is 1. The highest BCUT2D eigenvalue weighted by molar-refractivity contribution is 7.94. The van der Waals surface area contributed by atoms with Crippen molar-refractivity contribution in [1.82, 2.24) is 9.78 Å². The second-order valence-corrected chi connectivity index (χ2v) is 7.47. The number of aliphatic hydroxyl groups is 1. The van der Waals surface area contributed by atoms with Crippen LogP contribution in [0.2, 0.25) is 0 Å². The van der Waals surface area contributed by atoms with Crippen LogP contribution in [0.15, 0.2) is 22.7 Å². The van der Waals surface area contributed by atoms with Gasteiger partial charge in [0.05, 0.1) is 31.6 Å². The van der Waals surface area contributed by atoms with Gasteiger partial charge >= 0.3 is 0 Å². The molecule has 2 aromatic rings. The summed E-state index contributed by atoms with van der Waals surface area (Å²) < 4.78 is 33.7. The van der Waals surface area contributed by atoms with Crippen molar-refractivity contribution in [1.29, 1.82) is 0 Å². The minimum Gasteiger partial charge on any atom is -0.391 e. The molecule has 0 amide bonds. The molecule has 0 aliphatic rings. The Morgan fingerprint density at radius 3 is 2.90 bits per heavy atom. The Hall–Kier alpha value is -1.42. The minimum atomic E-state index is -3.66. The third kappa shape index (κ3) is 3.82. The smallest absolute Gasteiger partial charge is 0.271 e. The Morgan fingerprint density at radius 2 is 2.29 bits per heavy atom. The first-order valence-electron chi connectivity index (χ1n) is 6.20. The number of ether oxygens (including phenoxy) is 1. The van der Waals surface area contributed by atoms with E-state index in [0.717, 1.165) is 16.9 Å². The second kappa shape index (κ2) is 6.56. The van der Waals surface area contributed by atoms with Gasteiger partial charge < -0.3 is 9.84 Å². The molecule has 0 saturated carbocycles. The lowest BCUT2D eigenvalue weighted by atomic mass is 10.3. The van der Waals surface area contributed by atoms with E-state index in [1.165, 1.54) is 6.20 Å². The molecule has 116 valence electrons. The molecule has 0 radical (unpaired) electrons. The van der Waals surface area contributed by atoms with Crippen LogP contribution in [-0.4, -0.2) is 37.0 Å². The van der Waals surface area contributed by atoms with Gasteiger partial charge in [0.15, 0.2) is 0 Å². The number of methoxy groups -OCH3 is 1. The van der Waals surface area contributed by atoms with Crippen LogP contribution in [0.25, 0.3) is 0 Å². The highest BCUT2D eigenvalue weighted by Crippen LogP contribution is 2.27. The van der Waals surface area contributed by atoms with Crippen LogP contribution in [0, 0.1) is 6.92 Å². The number of hydrogen-bond donors (Lipinski definition) is 2. The van der Waals surface area contributed by atoms with Crippen LogP contribution in [0.3, 0.4) is 0 Å². The normalized spacial score (nSPS) is 11.8. The van der Waals surface area contributed by atoms with E-state index in [1.54, 1.807) is 31.0 Å². The van der Waals surface area contributed by atoms with Crippen molar-refractivity contribution in [3.8, 4) is 0 Å². The number of hydrogen-bond acceptors (Lipinski definition) is 6. The van der Waals surface area contributed by atoms with Crippen LogP contribution in [0.1, 0.15) is 10.4 Å². The summed E-state index contributed by atoms with van der Waals surface area (Å²) in [6, 6.07) is 1.55. The quantitative estimate of drug-likeness (QED) is 0.795. The van der Waals surface area contributed by atoms with E-state index in [0.29, 0.717) is 23.7 Å². The fourth-order valence-electron chi connectivity index (χ4n) is 1.71. The number of rotatable bonds is 7. The van der Waals surface area contributed by atoms with Crippen LogP contribution in [-0.2, 0) is 27.9 Å². The highest BCUT2D eigenvalue weighted by Gasteiger charge is 2.19. The standard InChI is InChI=1S/C12H17N3O4S2/c1-9-5-12(20-11(9)8-16)21(17,18)14-10-6-13-15(7-10)3-4-19-2/h5-7,14,16H,3-4,8H2,1-2H3. The number of nitrogens with zero attached hydrogens (tertiary/aromatic N) is 2. The number of aromatic nitrogens is 2. The fraction of sp³-hybridized carbons (Fsp3) is 0.417. The minimum absolute atomic E-state index is 0.166. The molecule has 0 saturated heterocycles. The van der Waals surface area contributed by atoms with Gasteiger partial charge in [-0.3, -0.25) is 9.40 Å². The molecular weight excluding hydrogens is 314 g/mol. The summed E-state index contributed by atoms with van der Waals surface area (Å²) in [4.78, 5) is 0.645. The van der Waals surface area contributed by atoms with Crippen molar-refractivity contribution < 1.29 is 18.3 Å². The molecule has 7 nitrogen and oxygen atoms in total. The van der Waals surface area contributed by atoms with E-state index in [9.17, 15) is 8.42 Å². The lowest BCUT2D eigenvalue weighted by molar-refractivity contribution is 0.183. The van der Waals surface area contributed by atoms with Crippen LogP contribution >= 0.6 is 11.3 Å². The van der Waals surface area contributed by atoms with Gasteiger partial charge in [0, 0.05) is 18.2 Å². The molecule has 2 aromatic heterocycles. The Bertz CT molecular complexity index is 706. The van der Waals surface area contributed by atoms with E-state index in [4.69, 9.17) is 9.84 Å². The molecule has 0 atom stereocenters. The predicted molar refractivity (Wildman–Crippen MR) is 79.9 cm³/mol. The molecule has 2 N–H and O–H groups in total. The molecule has 0 unspecified atom stereocenters. The fourth-order valence-corrected chi connectivity index (χ4v) is 4.18. The summed E-state index contributed by atoms with van der Waals surface area (Å²) in [6.07, 6.45) is 3.05. The maximum Gasteiger partial charge on any atom is 0.271 e. The lowest BCUT2D eigenvalue weighted by Crippen LogP contribution is -2.11. The zero-order valence-corrected chi connectivity index (χ0v) is 13.4. The van der Waals surface area contributed by atoms with Crippen molar-refractivity contribution in [2.24, 2.45) is 0 Å². The van der Waals surface area contributed by atoms with Gasteiger partial charge in [-0.1, -0.05) is 0 Å². The first-order valence-corrected chi connectivity index (χ1v) is 8.50. The monoisotopic (exact) mass is 331 g/mol. The van der Waals surface area contributed by atoms with E-state index in [2.05, 4.69) is 9.82 Å². The molecule has 0 aromatic carbocycles. The summed E-state index contributed by atoms with van der Waals surface area (Å²) >= 11 is 1.06. The van der Waals surface area contributed by atoms with Gasteiger partial charge in [0.1, 0.15) is 4.21 Å². The predicted octanol–water partition coefficient (Wildman–Crippen LogP) is 1.19. The van der Waals surface area contributed by atoms with Gasteiger partial charge in [-0.15, -0.1) is 11.3 Å². The SMILES string of the molecule is COCCn1cc(NS(=O)(=O)c2cc(C)c(CO)s2)cn1. The Balaban J connectivity index is 2.14. The number of sulfonamides is 1. The number of nitrogens with one attached hydrogen (secondary N) is 1. The number of aryl methyl sites for hydroxylation is 1. The van der Waals surface area contributed by atoms with Crippen molar-refractivity contribution in [2.45, 2.75) is 24.3 Å². The zero-order valence-electron chi connectivity index (χ0n) is 11.7. The summed E-state index contributed by atoms with van der Waals surface area (Å²) in [5.41, 5.74) is 1.15. The molecule has 0 spiro atoms. The number of thiophene rings is 1. The van der Waals surface area contributed by atoms with E-state index < -0.39 is 10.0 Å². The zero-order chi connectivity index (χ0) is 15.5. The highest BCUT2D eigenvalue weighted by atomic mass is 32.2. The van der Waals surface area contributed by atoms with Gasteiger partial charge in [-0.05, 0) is 18.6 Å². The summed E-state index contributed by atoms with van der Waals surface area (Å²) in [6.45, 7) is 2.65. The van der Waals surface area contributed by atoms with Gasteiger partial charge in [-0.2, -0.15) is 5.10 Å². The Morgan fingerprint density at radius 1 is 1.52 bits per heavy atom. The van der Waals surface area contributed by atoms with Crippen LogP contribution in [0.5, 0.6) is 0 Å². The molecule has 0 fully saturated rings. The second-order valence-electron chi connectivity index (χ2n) is 4.42. The molecule has 0 aliphatic heterocycles. The summed E-state index contributed by atoms with van der Waals surface area (Å²) in [5.74, 6) is 0. The average Bonchev–Trinajstić information content (AvgIpc) is 3.02. The Kier molecular flexibility index (Phi) is 4.99. The van der Waals surface area contributed by atoms with Crippen molar-refractivity contribution >= 4 is 27.0 Å². The van der Waals surface area contributed by atoms with Gasteiger partial charge in [-0.25, -0.2) is 8.42 Å². The molecule has 9 heteroatoms. The molecular formula is C12H17N3O4S2. The maximum atomic E-state index is 12.3. The third-order valence-electron chi connectivity index (χ3n) is 2.82. The Labute approximate surface area is 127 Å². The third-order valence-corrected chi connectivity index (χ3v) is 5.89. The lowest BCUT2D eigenvalue weighted by Gasteiger charge is -2.03. The van der Waals surface area contributed by atoms with E-state index >= 15 is 0 Å². The maximum absolute atomic E-state index is 12.3. The van der Waals surface area contributed by atoms with Crippen LogP contribution in [0.4, 0.5) is 5.69 Å².